The van der Waals surface area contributed by atoms with Crippen molar-refractivity contribution in [2.75, 3.05) is 6.54 Å². The quantitative estimate of drug-likeness (QED) is 0.634. The molecule has 0 saturated heterocycles. The van der Waals surface area contributed by atoms with Gasteiger partial charge in [0, 0.05) is 19.4 Å². The molecule has 0 fully saturated rings. The van der Waals surface area contributed by atoms with Gasteiger partial charge in [-0.1, -0.05) is 0 Å². The van der Waals surface area contributed by atoms with Crippen molar-refractivity contribution in [2.45, 2.75) is 25.8 Å². The molecule has 1 aromatic rings. The van der Waals surface area contributed by atoms with Crippen LogP contribution in [0.5, 0.6) is 0 Å². The molecule has 0 spiro atoms. The lowest BCUT2D eigenvalue weighted by Crippen LogP contribution is -2.08. The fourth-order valence-electron chi connectivity index (χ4n) is 1.52. The molecule has 0 saturated carbocycles. The standard InChI is InChI=1S/C7H12N4/c8-4-3-7-10-9-6-2-1-5-11(6)7/h1-5,8H2. The van der Waals surface area contributed by atoms with Gasteiger partial charge in [0.2, 0.25) is 0 Å². The smallest absolute Gasteiger partial charge is 0.134 e. The molecule has 60 valence electrons. The summed E-state index contributed by atoms with van der Waals surface area (Å²) in [5.41, 5.74) is 5.43. The van der Waals surface area contributed by atoms with E-state index in [-0.39, 0.29) is 0 Å². The number of nitrogens with two attached hydrogens (primary N) is 1. The molecule has 0 atom stereocenters. The molecule has 0 bridgehead atoms. The fourth-order valence-corrected chi connectivity index (χ4v) is 1.52. The Morgan fingerprint density at radius 3 is 3.18 bits per heavy atom. The lowest BCUT2D eigenvalue weighted by atomic mass is 10.4. The van der Waals surface area contributed by atoms with E-state index in [4.69, 9.17) is 5.73 Å². The zero-order chi connectivity index (χ0) is 7.68. The average Bonchev–Trinajstić information content (AvgIpc) is 2.53. The summed E-state index contributed by atoms with van der Waals surface area (Å²) in [6.07, 6.45) is 3.15. The summed E-state index contributed by atoms with van der Waals surface area (Å²) >= 11 is 0. The van der Waals surface area contributed by atoms with Gasteiger partial charge in [-0.15, -0.1) is 10.2 Å². The molecule has 0 radical (unpaired) electrons. The van der Waals surface area contributed by atoms with Gasteiger partial charge in [0.15, 0.2) is 0 Å². The number of hydrogen-bond acceptors (Lipinski definition) is 3. The minimum absolute atomic E-state index is 0.665. The highest BCUT2D eigenvalue weighted by Gasteiger charge is 2.15. The van der Waals surface area contributed by atoms with Gasteiger partial charge in [-0.25, -0.2) is 0 Å². The van der Waals surface area contributed by atoms with Crippen molar-refractivity contribution in [1.29, 1.82) is 0 Å². The molecule has 11 heavy (non-hydrogen) atoms. The summed E-state index contributed by atoms with van der Waals surface area (Å²) in [5.74, 6) is 2.19. The van der Waals surface area contributed by atoms with E-state index in [0.29, 0.717) is 6.54 Å². The number of hydrogen-bond donors (Lipinski definition) is 1. The van der Waals surface area contributed by atoms with E-state index >= 15 is 0 Å². The number of fused-ring (bicyclic) bond motifs is 1. The van der Waals surface area contributed by atoms with Crippen LogP contribution in [0.1, 0.15) is 18.1 Å². The Hall–Kier alpha value is -0.900. The van der Waals surface area contributed by atoms with Crippen LogP contribution >= 0.6 is 0 Å². The summed E-state index contributed by atoms with van der Waals surface area (Å²) in [6, 6.07) is 0. The van der Waals surface area contributed by atoms with Crippen LogP contribution in [0.4, 0.5) is 0 Å². The summed E-state index contributed by atoms with van der Waals surface area (Å²) in [4.78, 5) is 0. The Kier molecular flexibility index (Phi) is 1.62. The predicted molar refractivity (Wildman–Crippen MR) is 41.1 cm³/mol. The van der Waals surface area contributed by atoms with Gasteiger partial charge in [-0.2, -0.15) is 0 Å². The molecular formula is C7H12N4. The Labute approximate surface area is 65.4 Å². The maximum absolute atomic E-state index is 5.43. The topological polar surface area (TPSA) is 56.7 Å². The van der Waals surface area contributed by atoms with E-state index < -0.39 is 0 Å². The van der Waals surface area contributed by atoms with E-state index in [1.807, 2.05) is 0 Å². The van der Waals surface area contributed by atoms with Crippen molar-refractivity contribution in [3.63, 3.8) is 0 Å². The minimum Gasteiger partial charge on any atom is -0.330 e. The van der Waals surface area contributed by atoms with Crippen molar-refractivity contribution < 1.29 is 0 Å². The first-order valence-electron chi connectivity index (χ1n) is 4.03. The monoisotopic (exact) mass is 152 g/mol. The molecule has 2 rings (SSSR count). The minimum atomic E-state index is 0.665. The first-order valence-corrected chi connectivity index (χ1v) is 4.03. The van der Waals surface area contributed by atoms with Gasteiger partial charge in [0.05, 0.1) is 0 Å². The van der Waals surface area contributed by atoms with Crippen LogP contribution in [-0.4, -0.2) is 21.3 Å². The Bertz CT molecular complexity index is 253. The Morgan fingerprint density at radius 2 is 2.36 bits per heavy atom. The van der Waals surface area contributed by atoms with Crippen LogP contribution in [0.25, 0.3) is 0 Å². The zero-order valence-electron chi connectivity index (χ0n) is 6.45. The molecular weight excluding hydrogens is 140 g/mol. The van der Waals surface area contributed by atoms with Crippen molar-refractivity contribution >= 4 is 0 Å². The maximum Gasteiger partial charge on any atom is 0.134 e. The number of rotatable bonds is 2. The molecule has 0 unspecified atom stereocenters. The van der Waals surface area contributed by atoms with Crippen molar-refractivity contribution in [1.82, 2.24) is 14.8 Å². The van der Waals surface area contributed by atoms with Crippen LogP contribution < -0.4 is 5.73 Å². The third kappa shape index (κ3) is 1.03. The number of aryl methyl sites for hydroxylation is 1. The average molecular weight is 152 g/mol. The van der Waals surface area contributed by atoms with Crippen LogP contribution in [0.2, 0.25) is 0 Å². The lowest BCUT2D eigenvalue weighted by Gasteiger charge is -1.98. The highest BCUT2D eigenvalue weighted by molar-refractivity contribution is 5.00. The molecule has 2 N–H and O–H groups in total. The van der Waals surface area contributed by atoms with Gasteiger partial charge >= 0.3 is 0 Å². The predicted octanol–water partition coefficient (Wildman–Crippen LogP) is -0.275. The summed E-state index contributed by atoms with van der Waals surface area (Å²) in [7, 11) is 0. The first kappa shape index (κ1) is 6.79. The first-order chi connectivity index (χ1) is 5.42. The SMILES string of the molecule is NCCc1nnc2n1CCC2. The summed E-state index contributed by atoms with van der Waals surface area (Å²) in [6.45, 7) is 1.75. The van der Waals surface area contributed by atoms with E-state index in [2.05, 4.69) is 14.8 Å². The number of nitrogens with zero attached hydrogens (tertiary/aromatic N) is 3. The second kappa shape index (κ2) is 2.62. The van der Waals surface area contributed by atoms with Gasteiger partial charge in [-0.3, -0.25) is 0 Å². The maximum atomic E-state index is 5.43. The van der Waals surface area contributed by atoms with Gasteiger partial charge in [0.25, 0.3) is 0 Å². The Morgan fingerprint density at radius 1 is 1.45 bits per heavy atom. The van der Waals surface area contributed by atoms with Crippen molar-refractivity contribution in [2.24, 2.45) is 5.73 Å². The second-order valence-electron chi connectivity index (χ2n) is 2.83. The van der Waals surface area contributed by atoms with E-state index in [0.717, 1.165) is 31.0 Å². The zero-order valence-corrected chi connectivity index (χ0v) is 6.45. The van der Waals surface area contributed by atoms with Crippen LogP contribution in [0, 0.1) is 0 Å². The number of aromatic nitrogens is 3. The van der Waals surface area contributed by atoms with Gasteiger partial charge in [-0.05, 0) is 13.0 Å². The molecule has 0 aliphatic carbocycles. The molecule has 4 heteroatoms. The van der Waals surface area contributed by atoms with Crippen LogP contribution in [-0.2, 0) is 19.4 Å². The third-order valence-electron chi connectivity index (χ3n) is 2.05. The van der Waals surface area contributed by atoms with Crippen molar-refractivity contribution in [3.05, 3.63) is 11.6 Å². The Balaban J connectivity index is 2.27. The molecule has 0 amide bonds. The molecule has 0 aromatic carbocycles. The largest absolute Gasteiger partial charge is 0.330 e. The molecule has 1 aliphatic heterocycles. The fraction of sp³-hybridized carbons (Fsp3) is 0.714. The van der Waals surface area contributed by atoms with E-state index in [1.54, 1.807) is 0 Å². The van der Waals surface area contributed by atoms with E-state index in [9.17, 15) is 0 Å². The van der Waals surface area contributed by atoms with Crippen LogP contribution in [0.3, 0.4) is 0 Å². The highest BCUT2D eigenvalue weighted by atomic mass is 15.3. The van der Waals surface area contributed by atoms with Gasteiger partial charge in [0.1, 0.15) is 11.6 Å². The van der Waals surface area contributed by atoms with Crippen molar-refractivity contribution in [3.8, 4) is 0 Å². The second-order valence-corrected chi connectivity index (χ2v) is 2.83. The normalized spacial score (nSPS) is 15.4. The lowest BCUT2D eigenvalue weighted by molar-refractivity contribution is 0.683. The summed E-state index contributed by atoms with van der Waals surface area (Å²) < 4.78 is 2.19. The summed E-state index contributed by atoms with van der Waals surface area (Å²) in [5, 5.41) is 8.13. The third-order valence-corrected chi connectivity index (χ3v) is 2.05. The van der Waals surface area contributed by atoms with E-state index in [1.165, 1.54) is 6.42 Å². The molecule has 4 nitrogen and oxygen atoms in total. The molecule has 1 aliphatic rings. The highest BCUT2D eigenvalue weighted by Crippen LogP contribution is 2.13. The molecule has 2 heterocycles. The van der Waals surface area contributed by atoms with Gasteiger partial charge < -0.3 is 10.3 Å². The molecule has 1 aromatic heterocycles. The van der Waals surface area contributed by atoms with Crippen LogP contribution in [0.15, 0.2) is 0 Å².